The molecule has 33 heavy (non-hydrogen) atoms. The summed E-state index contributed by atoms with van der Waals surface area (Å²) in [6, 6.07) is 22.2. The van der Waals surface area contributed by atoms with Gasteiger partial charge in [0.05, 0.1) is 11.7 Å². The molecule has 1 aliphatic heterocycles. The van der Waals surface area contributed by atoms with Gasteiger partial charge in [-0.05, 0) is 42.2 Å². The van der Waals surface area contributed by atoms with Crippen LogP contribution in [0.15, 0.2) is 72.8 Å². The summed E-state index contributed by atoms with van der Waals surface area (Å²) in [5.74, 6) is -0.838. The van der Waals surface area contributed by atoms with Crippen molar-refractivity contribution in [3.8, 4) is 11.1 Å². The van der Waals surface area contributed by atoms with Crippen molar-refractivity contribution in [1.29, 1.82) is 0 Å². The molecule has 4 rings (SSSR count). The van der Waals surface area contributed by atoms with Crippen LogP contribution in [0.25, 0.3) is 11.1 Å². The molecular weight excluding hydrogens is 479 g/mol. The van der Waals surface area contributed by atoms with Gasteiger partial charge >= 0.3 is 0 Å². The lowest BCUT2D eigenvalue weighted by atomic mass is 9.98. The highest BCUT2D eigenvalue weighted by Gasteiger charge is 2.33. The van der Waals surface area contributed by atoms with Crippen LogP contribution in [-0.4, -0.2) is 31.7 Å². The van der Waals surface area contributed by atoms with Gasteiger partial charge < -0.3 is 5.32 Å². The van der Waals surface area contributed by atoms with Crippen LogP contribution in [0.4, 0.5) is 5.69 Å². The number of carbonyl (C=O) groups is 1. The Balaban J connectivity index is 1.47. The SMILES string of the molecule is O=C(Nc1ccccc1-c1ccccc1)C1CCCN(S(=O)(=O)Cc2ccc(Cl)cc2Cl)C1. The van der Waals surface area contributed by atoms with E-state index in [0.29, 0.717) is 40.7 Å². The van der Waals surface area contributed by atoms with Crippen molar-refractivity contribution in [3.63, 3.8) is 0 Å². The number of benzene rings is 3. The topological polar surface area (TPSA) is 66.5 Å². The fraction of sp³-hybridized carbons (Fsp3) is 0.240. The Labute approximate surface area is 204 Å². The number of hydrogen-bond acceptors (Lipinski definition) is 3. The number of nitrogens with one attached hydrogen (secondary N) is 1. The Kier molecular flexibility index (Phi) is 7.39. The number of amides is 1. The molecule has 0 radical (unpaired) electrons. The molecule has 1 N–H and O–H groups in total. The van der Waals surface area contributed by atoms with Crippen LogP contribution >= 0.6 is 23.2 Å². The van der Waals surface area contributed by atoms with Gasteiger partial charge in [-0.3, -0.25) is 4.79 Å². The second kappa shape index (κ2) is 10.3. The summed E-state index contributed by atoms with van der Waals surface area (Å²) < 4.78 is 27.5. The molecule has 0 aliphatic carbocycles. The maximum absolute atomic E-state index is 13.1. The molecule has 8 heteroatoms. The second-order valence-electron chi connectivity index (χ2n) is 8.09. The molecule has 1 heterocycles. The predicted molar refractivity (Wildman–Crippen MR) is 134 cm³/mol. The summed E-state index contributed by atoms with van der Waals surface area (Å²) >= 11 is 12.1. The first-order chi connectivity index (χ1) is 15.8. The van der Waals surface area contributed by atoms with Gasteiger partial charge in [0.1, 0.15) is 0 Å². The molecule has 0 bridgehead atoms. The molecule has 1 aliphatic rings. The van der Waals surface area contributed by atoms with Gasteiger partial charge in [0.25, 0.3) is 0 Å². The van der Waals surface area contributed by atoms with E-state index in [1.54, 1.807) is 12.1 Å². The number of rotatable bonds is 6. The molecule has 1 unspecified atom stereocenters. The van der Waals surface area contributed by atoms with E-state index >= 15 is 0 Å². The number of hydrogen-bond donors (Lipinski definition) is 1. The number of anilines is 1. The number of nitrogens with zero attached hydrogens (tertiary/aromatic N) is 1. The molecule has 1 atom stereocenters. The largest absolute Gasteiger partial charge is 0.325 e. The zero-order chi connectivity index (χ0) is 23.4. The van der Waals surface area contributed by atoms with Gasteiger partial charge in [-0.15, -0.1) is 0 Å². The van der Waals surface area contributed by atoms with Crippen molar-refractivity contribution >= 4 is 44.8 Å². The van der Waals surface area contributed by atoms with Crippen molar-refractivity contribution < 1.29 is 13.2 Å². The summed E-state index contributed by atoms with van der Waals surface area (Å²) in [6.07, 6.45) is 1.25. The highest BCUT2D eigenvalue weighted by molar-refractivity contribution is 7.88. The lowest BCUT2D eigenvalue weighted by Crippen LogP contribution is -2.44. The van der Waals surface area contributed by atoms with E-state index in [-0.39, 0.29) is 18.2 Å². The summed E-state index contributed by atoms with van der Waals surface area (Å²) in [5.41, 5.74) is 3.12. The predicted octanol–water partition coefficient (Wildman–Crippen LogP) is 5.84. The Morgan fingerprint density at radius 2 is 1.73 bits per heavy atom. The maximum atomic E-state index is 13.1. The highest BCUT2D eigenvalue weighted by Crippen LogP contribution is 2.30. The fourth-order valence-electron chi connectivity index (χ4n) is 4.03. The Hall–Kier alpha value is -2.38. The lowest BCUT2D eigenvalue weighted by Gasteiger charge is -2.31. The standard InChI is InChI=1S/C25H24Cl2N2O3S/c26-21-13-12-20(23(27)15-21)17-33(31,32)29-14-6-9-19(16-29)25(30)28-24-11-5-4-10-22(24)18-7-2-1-3-8-18/h1-5,7-8,10-13,15,19H,6,9,14,16-17H2,(H,28,30). The summed E-state index contributed by atoms with van der Waals surface area (Å²) in [4.78, 5) is 13.1. The first kappa shape index (κ1) is 23.8. The molecule has 3 aromatic carbocycles. The van der Waals surface area contributed by atoms with Crippen LogP contribution in [0.2, 0.25) is 10.0 Å². The molecule has 5 nitrogen and oxygen atoms in total. The second-order valence-corrected chi connectivity index (χ2v) is 10.9. The quantitative estimate of drug-likeness (QED) is 0.460. The van der Waals surface area contributed by atoms with Gasteiger partial charge in [0.2, 0.25) is 15.9 Å². The van der Waals surface area contributed by atoms with Crippen LogP contribution in [0.3, 0.4) is 0 Å². The minimum absolute atomic E-state index is 0.146. The number of piperidine rings is 1. The van der Waals surface area contributed by atoms with Crippen LogP contribution in [0, 0.1) is 5.92 Å². The van der Waals surface area contributed by atoms with Crippen LogP contribution in [0.5, 0.6) is 0 Å². The van der Waals surface area contributed by atoms with Crippen LogP contribution < -0.4 is 5.32 Å². The zero-order valence-electron chi connectivity index (χ0n) is 17.9. The molecule has 1 fully saturated rings. The first-order valence-corrected chi connectivity index (χ1v) is 13.1. The minimum atomic E-state index is -3.64. The summed E-state index contributed by atoms with van der Waals surface area (Å²) in [7, 11) is -3.64. The number of para-hydroxylation sites is 1. The van der Waals surface area contributed by atoms with Gasteiger partial charge in [-0.25, -0.2) is 12.7 Å². The maximum Gasteiger partial charge on any atom is 0.228 e. The van der Waals surface area contributed by atoms with Crippen molar-refractivity contribution in [1.82, 2.24) is 4.31 Å². The minimum Gasteiger partial charge on any atom is -0.325 e. The molecular formula is C25H24Cl2N2O3S. The summed E-state index contributed by atoms with van der Waals surface area (Å²) in [6.45, 7) is 0.533. The van der Waals surface area contributed by atoms with Crippen molar-refractivity contribution in [2.75, 3.05) is 18.4 Å². The van der Waals surface area contributed by atoms with Crippen molar-refractivity contribution in [2.24, 2.45) is 5.92 Å². The molecule has 0 spiro atoms. The van der Waals surface area contributed by atoms with E-state index in [4.69, 9.17) is 23.2 Å². The summed E-state index contributed by atoms with van der Waals surface area (Å²) in [5, 5.41) is 3.78. The van der Waals surface area contributed by atoms with Gasteiger partial charge in [-0.2, -0.15) is 0 Å². The van der Waals surface area contributed by atoms with E-state index in [0.717, 1.165) is 11.1 Å². The third-order valence-corrected chi connectivity index (χ3v) is 8.15. The van der Waals surface area contributed by atoms with Crippen LogP contribution in [-0.2, 0) is 20.6 Å². The van der Waals surface area contributed by atoms with E-state index in [9.17, 15) is 13.2 Å². The highest BCUT2D eigenvalue weighted by atomic mass is 35.5. The van der Waals surface area contributed by atoms with Gasteiger partial charge in [0.15, 0.2) is 0 Å². The molecule has 1 saturated heterocycles. The number of sulfonamides is 1. The zero-order valence-corrected chi connectivity index (χ0v) is 20.2. The van der Waals surface area contributed by atoms with Crippen molar-refractivity contribution in [3.05, 3.63) is 88.4 Å². The third-order valence-electron chi connectivity index (χ3n) is 5.77. The van der Waals surface area contributed by atoms with Gasteiger partial charge in [0, 0.05) is 34.4 Å². The van der Waals surface area contributed by atoms with Crippen LogP contribution in [0.1, 0.15) is 18.4 Å². The first-order valence-electron chi connectivity index (χ1n) is 10.7. The average Bonchev–Trinajstić information content (AvgIpc) is 2.82. The Morgan fingerprint density at radius 3 is 2.48 bits per heavy atom. The van der Waals surface area contributed by atoms with E-state index in [2.05, 4.69) is 5.32 Å². The molecule has 1 amide bonds. The van der Waals surface area contributed by atoms with Gasteiger partial charge in [-0.1, -0.05) is 77.8 Å². The third kappa shape index (κ3) is 5.76. The fourth-order valence-corrected chi connectivity index (χ4v) is 6.23. The number of halogens is 2. The normalized spacial score (nSPS) is 17.0. The average molecular weight is 503 g/mol. The lowest BCUT2D eigenvalue weighted by molar-refractivity contribution is -0.120. The monoisotopic (exact) mass is 502 g/mol. The Morgan fingerprint density at radius 1 is 1.00 bits per heavy atom. The number of carbonyl (C=O) groups excluding carboxylic acids is 1. The Bertz CT molecular complexity index is 1250. The smallest absolute Gasteiger partial charge is 0.228 e. The molecule has 0 aromatic heterocycles. The van der Waals surface area contributed by atoms with Crippen molar-refractivity contribution in [2.45, 2.75) is 18.6 Å². The van der Waals surface area contributed by atoms with E-state index in [1.807, 2.05) is 54.6 Å². The van der Waals surface area contributed by atoms with E-state index in [1.165, 1.54) is 10.4 Å². The van der Waals surface area contributed by atoms with E-state index < -0.39 is 15.9 Å². The molecule has 3 aromatic rings. The molecule has 0 saturated carbocycles. The molecule has 172 valence electrons.